The third-order valence-electron chi connectivity index (χ3n) is 3.07. The number of hydrogen-bond donors (Lipinski definition) is 1. The van der Waals surface area contributed by atoms with Crippen molar-refractivity contribution in [1.82, 2.24) is 0 Å². The van der Waals surface area contributed by atoms with Crippen LogP contribution in [-0.2, 0) is 0 Å². The molecule has 66 valence electrons. The third kappa shape index (κ3) is 1.10. The van der Waals surface area contributed by atoms with E-state index in [1.165, 1.54) is 12.0 Å². The van der Waals surface area contributed by atoms with Crippen molar-refractivity contribution < 1.29 is 0 Å². The van der Waals surface area contributed by atoms with Crippen molar-refractivity contribution in [1.29, 1.82) is 0 Å². The van der Waals surface area contributed by atoms with Gasteiger partial charge in [-0.3, -0.25) is 0 Å². The molecule has 1 heterocycles. The van der Waals surface area contributed by atoms with Gasteiger partial charge in [0.1, 0.15) is 0 Å². The summed E-state index contributed by atoms with van der Waals surface area (Å²) in [5, 5.41) is 2.18. The van der Waals surface area contributed by atoms with E-state index in [4.69, 9.17) is 5.73 Å². The molecule has 0 saturated heterocycles. The second-order valence-corrected chi connectivity index (χ2v) is 4.78. The van der Waals surface area contributed by atoms with Crippen molar-refractivity contribution in [2.75, 3.05) is 0 Å². The van der Waals surface area contributed by atoms with Gasteiger partial charge in [0.25, 0.3) is 0 Å². The molecule has 1 nitrogen and oxygen atoms in total. The van der Waals surface area contributed by atoms with E-state index in [9.17, 15) is 0 Å². The molecule has 1 saturated carbocycles. The standard InChI is InChI=1S/C10H15NS/c1-6-3-4-12-10(6)8-5-9(11)7(8)2/h3-4,7-9H,5,11H2,1-2H3. The van der Waals surface area contributed by atoms with Gasteiger partial charge in [0.15, 0.2) is 0 Å². The molecule has 2 rings (SSSR count). The van der Waals surface area contributed by atoms with Crippen molar-refractivity contribution in [3.8, 4) is 0 Å². The lowest BCUT2D eigenvalue weighted by molar-refractivity contribution is 0.229. The maximum atomic E-state index is 5.87. The van der Waals surface area contributed by atoms with E-state index < -0.39 is 0 Å². The maximum Gasteiger partial charge on any atom is 0.0109 e. The van der Waals surface area contributed by atoms with E-state index in [0.717, 1.165) is 5.92 Å². The Morgan fingerprint density at radius 1 is 1.58 bits per heavy atom. The molecule has 3 unspecified atom stereocenters. The minimum absolute atomic E-state index is 0.441. The van der Waals surface area contributed by atoms with Crippen LogP contribution in [0, 0.1) is 12.8 Å². The van der Waals surface area contributed by atoms with E-state index in [2.05, 4.69) is 25.3 Å². The summed E-state index contributed by atoms with van der Waals surface area (Å²) in [6.45, 7) is 4.46. The Balaban J connectivity index is 2.18. The van der Waals surface area contributed by atoms with Crippen molar-refractivity contribution in [3.05, 3.63) is 21.9 Å². The molecule has 0 radical (unpaired) electrons. The molecule has 1 aromatic rings. The number of aryl methyl sites for hydroxylation is 1. The average molecular weight is 181 g/mol. The molecule has 3 atom stereocenters. The van der Waals surface area contributed by atoms with Gasteiger partial charge in [-0.05, 0) is 42.2 Å². The summed E-state index contributed by atoms with van der Waals surface area (Å²) in [6, 6.07) is 2.65. The molecule has 1 aliphatic rings. The van der Waals surface area contributed by atoms with Gasteiger partial charge in [0, 0.05) is 10.9 Å². The van der Waals surface area contributed by atoms with Crippen molar-refractivity contribution in [2.24, 2.45) is 11.7 Å². The summed E-state index contributed by atoms with van der Waals surface area (Å²) in [7, 11) is 0. The topological polar surface area (TPSA) is 26.0 Å². The molecule has 1 aromatic heterocycles. The van der Waals surface area contributed by atoms with Gasteiger partial charge >= 0.3 is 0 Å². The van der Waals surface area contributed by atoms with E-state index in [0.29, 0.717) is 12.0 Å². The van der Waals surface area contributed by atoms with Crippen LogP contribution in [0.2, 0.25) is 0 Å². The highest BCUT2D eigenvalue weighted by molar-refractivity contribution is 7.10. The summed E-state index contributed by atoms with van der Waals surface area (Å²) < 4.78 is 0. The van der Waals surface area contributed by atoms with Crippen LogP contribution < -0.4 is 5.73 Å². The van der Waals surface area contributed by atoms with Gasteiger partial charge < -0.3 is 5.73 Å². The van der Waals surface area contributed by atoms with Crippen LogP contribution in [0.3, 0.4) is 0 Å². The fourth-order valence-corrected chi connectivity index (χ4v) is 3.09. The van der Waals surface area contributed by atoms with E-state index in [1.54, 1.807) is 4.88 Å². The summed E-state index contributed by atoms with van der Waals surface area (Å²) in [6.07, 6.45) is 1.18. The second-order valence-electron chi connectivity index (χ2n) is 3.83. The zero-order chi connectivity index (χ0) is 8.72. The first kappa shape index (κ1) is 8.27. The number of hydrogen-bond acceptors (Lipinski definition) is 2. The molecule has 2 heteroatoms. The second kappa shape index (κ2) is 2.86. The van der Waals surface area contributed by atoms with Crippen LogP contribution in [0.4, 0.5) is 0 Å². The van der Waals surface area contributed by atoms with Crippen LogP contribution in [0.25, 0.3) is 0 Å². The number of nitrogens with two attached hydrogens (primary N) is 1. The molecule has 0 aromatic carbocycles. The predicted octanol–water partition coefficient (Wildman–Crippen LogP) is 2.51. The van der Waals surface area contributed by atoms with Crippen LogP contribution >= 0.6 is 11.3 Å². The summed E-state index contributed by atoms with van der Waals surface area (Å²) in [5.41, 5.74) is 7.32. The first-order valence-corrected chi connectivity index (χ1v) is 5.37. The Labute approximate surface area is 77.6 Å². The molecule has 2 N–H and O–H groups in total. The molecule has 1 aliphatic carbocycles. The Kier molecular flexibility index (Phi) is 1.97. The van der Waals surface area contributed by atoms with E-state index in [-0.39, 0.29) is 0 Å². The minimum atomic E-state index is 0.441. The lowest BCUT2D eigenvalue weighted by Gasteiger charge is -2.40. The van der Waals surface area contributed by atoms with Gasteiger partial charge in [-0.25, -0.2) is 0 Å². The number of thiophene rings is 1. The van der Waals surface area contributed by atoms with Crippen LogP contribution in [0.15, 0.2) is 11.4 Å². The smallest absolute Gasteiger partial charge is 0.0109 e. The van der Waals surface area contributed by atoms with Gasteiger partial charge in [0.2, 0.25) is 0 Å². The van der Waals surface area contributed by atoms with Crippen molar-refractivity contribution in [2.45, 2.75) is 32.2 Å². The zero-order valence-corrected chi connectivity index (χ0v) is 8.40. The van der Waals surface area contributed by atoms with Crippen molar-refractivity contribution in [3.63, 3.8) is 0 Å². The van der Waals surface area contributed by atoms with E-state index >= 15 is 0 Å². The molecule has 0 spiro atoms. The largest absolute Gasteiger partial charge is 0.327 e. The average Bonchev–Trinajstić information content (AvgIpc) is 2.46. The highest BCUT2D eigenvalue weighted by Gasteiger charge is 2.37. The summed E-state index contributed by atoms with van der Waals surface area (Å²) >= 11 is 1.88. The molecule has 0 amide bonds. The van der Waals surface area contributed by atoms with Crippen LogP contribution in [-0.4, -0.2) is 6.04 Å². The van der Waals surface area contributed by atoms with Gasteiger partial charge in [-0.15, -0.1) is 11.3 Å². The fraction of sp³-hybridized carbons (Fsp3) is 0.600. The Morgan fingerprint density at radius 3 is 2.75 bits per heavy atom. The molecule has 0 aliphatic heterocycles. The quantitative estimate of drug-likeness (QED) is 0.708. The highest BCUT2D eigenvalue weighted by atomic mass is 32.1. The Hall–Kier alpha value is -0.340. The highest BCUT2D eigenvalue weighted by Crippen LogP contribution is 2.44. The normalized spacial score (nSPS) is 34.8. The Morgan fingerprint density at radius 2 is 2.33 bits per heavy atom. The lowest BCUT2D eigenvalue weighted by atomic mass is 9.69. The number of rotatable bonds is 1. The van der Waals surface area contributed by atoms with Crippen LogP contribution in [0.1, 0.15) is 29.7 Å². The molecule has 1 fully saturated rings. The van der Waals surface area contributed by atoms with Gasteiger partial charge in [-0.2, -0.15) is 0 Å². The third-order valence-corrected chi connectivity index (χ3v) is 4.23. The lowest BCUT2D eigenvalue weighted by Crippen LogP contribution is -2.43. The molecule has 12 heavy (non-hydrogen) atoms. The SMILES string of the molecule is Cc1ccsc1C1CC(N)C1C. The van der Waals surface area contributed by atoms with Crippen molar-refractivity contribution >= 4 is 11.3 Å². The first-order chi connectivity index (χ1) is 5.70. The first-order valence-electron chi connectivity index (χ1n) is 4.49. The summed E-state index contributed by atoms with van der Waals surface area (Å²) in [5.74, 6) is 1.43. The van der Waals surface area contributed by atoms with Crippen LogP contribution in [0.5, 0.6) is 0 Å². The predicted molar refractivity (Wildman–Crippen MR) is 53.6 cm³/mol. The maximum absolute atomic E-state index is 5.87. The molecular formula is C10H15NS. The van der Waals surface area contributed by atoms with Gasteiger partial charge in [0.05, 0.1) is 0 Å². The molecule has 0 bridgehead atoms. The fourth-order valence-electron chi connectivity index (χ4n) is 1.94. The molecular weight excluding hydrogens is 166 g/mol. The summed E-state index contributed by atoms with van der Waals surface area (Å²) in [4.78, 5) is 1.56. The minimum Gasteiger partial charge on any atom is -0.327 e. The monoisotopic (exact) mass is 181 g/mol. The Bertz CT molecular complexity index is 279. The van der Waals surface area contributed by atoms with Gasteiger partial charge in [-0.1, -0.05) is 6.92 Å². The van der Waals surface area contributed by atoms with E-state index in [1.807, 2.05) is 11.3 Å². The zero-order valence-electron chi connectivity index (χ0n) is 7.58.